The van der Waals surface area contributed by atoms with Crippen molar-refractivity contribution in [2.45, 2.75) is 31.4 Å². The van der Waals surface area contributed by atoms with Crippen LogP contribution in [-0.4, -0.2) is 43.5 Å². The molecular formula is C15H19NO4. The van der Waals surface area contributed by atoms with Crippen LogP contribution in [0.4, 0.5) is 5.69 Å². The van der Waals surface area contributed by atoms with Gasteiger partial charge in [0, 0.05) is 12.6 Å². The fourth-order valence-electron chi connectivity index (χ4n) is 3.28. The van der Waals surface area contributed by atoms with Crippen LogP contribution in [0, 0.1) is 0 Å². The number of carboxylic acid groups (broad SMARTS) is 1. The molecule has 0 amide bonds. The number of nitrogens with zero attached hydrogens (tertiary/aromatic N) is 1. The summed E-state index contributed by atoms with van der Waals surface area (Å²) in [5.41, 5.74) is 1.08. The Labute approximate surface area is 118 Å². The highest BCUT2D eigenvalue weighted by atomic mass is 16.5. The molecule has 5 nitrogen and oxygen atoms in total. The molecule has 20 heavy (non-hydrogen) atoms. The van der Waals surface area contributed by atoms with Gasteiger partial charge in [-0.3, -0.25) is 0 Å². The molecule has 2 fully saturated rings. The first kappa shape index (κ1) is 13.2. The van der Waals surface area contributed by atoms with E-state index in [1.54, 1.807) is 19.2 Å². The molecule has 1 aromatic carbocycles. The SMILES string of the molecule is COc1ccc(C(=O)O)c(N2CCOC3CCCC32)c1. The van der Waals surface area contributed by atoms with Crippen molar-refractivity contribution < 1.29 is 19.4 Å². The van der Waals surface area contributed by atoms with Gasteiger partial charge in [-0.1, -0.05) is 0 Å². The molecule has 2 atom stereocenters. The molecule has 1 aliphatic carbocycles. The second kappa shape index (κ2) is 5.32. The number of morpholine rings is 1. The second-order valence-corrected chi connectivity index (χ2v) is 5.29. The highest BCUT2D eigenvalue weighted by molar-refractivity contribution is 5.95. The van der Waals surface area contributed by atoms with Crippen molar-refractivity contribution in [3.63, 3.8) is 0 Å². The Kier molecular flexibility index (Phi) is 3.53. The molecule has 3 rings (SSSR count). The predicted molar refractivity (Wildman–Crippen MR) is 74.7 cm³/mol. The number of benzene rings is 1. The quantitative estimate of drug-likeness (QED) is 0.917. The molecule has 0 aromatic heterocycles. The van der Waals surface area contributed by atoms with Crippen molar-refractivity contribution in [3.05, 3.63) is 23.8 Å². The van der Waals surface area contributed by atoms with Gasteiger partial charge in [0.05, 0.1) is 37.1 Å². The fourth-order valence-corrected chi connectivity index (χ4v) is 3.28. The Morgan fingerprint density at radius 2 is 2.30 bits per heavy atom. The summed E-state index contributed by atoms with van der Waals surface area (Å²) in [5.74, 6) is -0.213. The molecule has 0 spiro atoms. The first-order chi connectivity index (χ1) is 9.70. The molecule has 1 saturated carbocycles. The average molecular weight is 277 g/mol. The van der Waals surface area contributed by atoms with Gasteiger partial charge >= 0.3 is 5.97 Å². The van der Waals surface area contributed by atoms with Gasteiger partial charge in [-0.05, 0) is 31.4 Å². The Morgan fingerprint density at radius 3 is 3.05 bits per heavy atom. The molecule has 1 aromatic rings. The van der Waals surface area contributed by atoms with E-state index in [1.165, 1.54) is 0 Å². The summed E-state index contributed by atoms with van der Waals surface area (Å²) in [4.78, 5) is 13.6. The molecular weight excluding hydrogens is 258 g/mol. The van der Waals surface area contributed by atoms with Gasteiger partial charge in [-0.15, -0.1) is 0 Å². The smallest absolute Gasteiger partial charge is 0.337 e. The fraction of sp³-hybridized carbons (Fsp3) is 0.533. The molecule has 2 unspecified atom stereocenters. The maximum atomic E-state index is 11.5. The topological polar surface area (TPSA) is 59.0 Å². The van der Waals surface area contributed by atoms with Gasteiger partial charge < -0.3 is 19.5 Å². The van der Waals surface area contributed by atoms with Crippen LogP contribution in [0.3, 0.4) is 0 Å². The number of rotatable bonds is 3. The van der Waals surface area contributed by atoms with Crippen LogP contribution < -0.4 is 9.64 Å². The summed E-state index contributed by atoms with van der Waals surface area (Å²) >= 11 is 0. The van der Waals surface area contributed by atoms with Gasteiger partial charge in [0.2, 0.25) is 0 Å². The largest absolute Gasteiger partial charge is 0.497 e. The highest BCUT2D eigenvalue weighted by Gasteiger charge is 2.37. The number of methoxy groups -OCH3 is 1. The zero-order chi connectivity index (χ0) is 14.1. The predicted octanol–water partition coefficient (Wildman–Crippen LogP) is 2.15. The maximum Gasteiger partial charge on any atom is 0.337 e. The van der Waals surface area contributed by atoms with Crippen molar-refractivity contribution in [3.8, 4) is 5.75 Å². The Bertz CT molecular complexity index is 517. The summed E-state index contributed by atoms with van der Waals surface area (Å²) in [6, 6.07) is 5.42. The highest BCUT2D eigenvalue weighted by Crippen LogP contribution is 2.36. The minimum atomic E-state index is -0.899. The molecule has 1 heterocycles. The third-order valence-corrected chi connectivity index (χ3v) is 4.23. The normalized spacial score (nSPS) is 25.4. The van der Waals surface area contributed by atoms with E-state index < -0.39 is 5.97 Å². The minimum Gasteiger partial charge on any atom is -0.497 e. The number of carbonyl (C=O) groups is 1. The van der Waals surface area contributed by atoms with Crippen LogP contribution in [0.1, 0.15) is 29.6 Å². The van der Waals surface area contributed by atoms with Crippen molar-refractivity contribution in [2.75, 3.05) is 25.2 Å². The molecule has 108 valence electrons. The van der Waals surface area contributed by atoms with E-state index in [9.17, 15) is 9.90 Å². The van der Waals surface area contributed by atoms with Gasteiger partial charge in [-0.25, -0.2) is 4.79 Å². The van der Waals surface area contributed by atoms with Crippen LogP contribution in [-0.2, 0) is 4.74 Å². The standard InChI is InChI=1S/C15H19NO4/c1-19-10-5-6-11(15(17)18)13(9-10)16-7-8-20-14-4-2-3-12(14)16/h5-6,9,12,14H,2-4,7-8H2,1H3,(H,17,18). The number of anilines is 1. The number of fused-ring (bicyclic) bond motifs is 1. The molecule has 2 aliphatic rings. The lowest BCUT2D eigenvalue weighted by molar-refractivity contribution is 0.0254. The summed E-state index contributed by atoms with van der Waals surface area (Å²) in [6.45, 7) is 1.38. The minimum absolute atomic E-state index is 0.233. The maximum absolute atomic E-state index is 11.5. The van der Waals surface area contributed by atoms with Crippen LogP contribution in [0.2, 0.25) is 0 Å². The molecule has 1 N–H and O–H groups in total. The lowest BCUT2D eigenvalue weighted by Crippen LogP contribution is -2.49. The van der Waals surface area contributed by atoms with Crippen LogP contribution in [0.25, 0.3) is 0 Å². The number of hydrogen-bond acceptors (Lipinski definition) is 4. The van der Waals surface area contributed by atoms with Gasteiger partial charge in [0.1, 0.15) is 5.75 Å². The average Bonchev–Trinajstić information content (AvgIpc) is 2.94. The molecule has 0 bridgehead atoms. The molecule has 0 radical (unpaired) electrons. The van der Waals surface area contributed by atoms with E-state index in [0.717, 1.165) is 31.5 Å². The summed E-state index contributed by atoms with van der Waals surface area (Å²) in [7, 11) is 1.59. The van der Waals surface area contributed by atoms with Gasteiger partial charge in [0.25, 0.3) is 0 Å². The van der Waals surface area contributed by atoms with E-state index in [1.807, 2.05) is 6.07 Å². The number of carboxylic acids is 1. The third kappa shape index (κ3) is 2.22. The number of aromatic carboxylic acids is 1. The Hall–Kier alpha value is -1.75. The Morgan fingerprint density at radius 1 is 1.45 bits per heavy atom. The van der Waals surface area contributed by atoms with Gasteiger partial charge in [0.15, 0.2) is 0 Å². The zero-order valence-corrected chi connectivity index (χ0v) is 11.5. The lowest BCUT2D eigenvalue weighted by atomic mass is 10.1. The summed E-state index contributed by atoms with van der Waals surface area (Å²) < 4.78 is 11.0. The van der Waals surface area contributed by atoms with Crippen molar-refractivity contribution in [1.82, 2.24) is 0 Å². The summed E-state index contributed by atoms with van der Waals surface area (Å²) in [6.07, 6.45) is 3.49. The first-order valence-electron chi connectivity index (χ1n) is 7.00. The molecule has 1 saturated heterocycles. The van der Waals surface area contributed by atoms with Crippen LogP contribution >= 0.6 is 0 Å². The van der Waals surface area contributed by atoms with Crippen LogP contribution in [0.5, 0.6) is 5.75 Å². The summed E-state index contributed by atoms with van der Waals surface area (Å²) in [5, 5.41) is 9.40. The third-order valence-electron chi connectivity index (χ3n) is 4.23. The second-order valence-electron chi connectivity index (χ2n) is 5.29. The van der Waals surface area contributed by atoms with Crippen molar-refractivity contribution >= 4 is 11.7 Å². The first-order valence-corrected chi connectivity index (χ1v) is 7.00. The van der Waals surface area contributed by atoms with E-state index in [0.29, 0.717) is 17.9 Å². The van der Waals surface area contributed by atoms with E-state index in [-0.39, 0.29) is 12.1 Å². The molecule has 5 heteroatoms. The van der Waals surface area contributed by atoms with E-state index in [4.69, 9.17) is 9.47 Å². The van der Waals surface area contributed by atoms with Crippen LogP contribution in [0.15, 0.2) is 18.2 Å². The lowest BCUT2D eigenvalue weighted by Gasteiger charge is -2.40. The monoisotopic (exact) mass is 277 g/mol. The molecule has 1 aliphatic heterocycles. The number of hydrogen-bond donors (Lipinski definition) is 1. The van der Waals surface area contributed by atoms with Gasteiger partial charge in [-0.2, -0.15) is 0 Å². The van der Waals surface area contributed by atoms with Crippen molar-refractivity contribution in [2.24, 2.45) is 0 Å². The number of ether oxygens (including phenoxy) is 2. The van der Waals surface area contributed by atoms with E-state index >= 15 is 0 Å². The van der Waals surface area contributed by atoms with E-state index in [2.05, 4.69) is 4.90 Å². The Balaban J connectivity index is 2.00. The van der Waals surface area contributed by atoms with Crippen molar-refractivity contribution in [1.29, 1.82) is 0 Å². The zero-order valence-electron chi connectivity index (χ0n) is 11.5.